The Morgan fingerprint density at radius 3 is 2.65 bits per heavy atom. The van der Waals surface area contributed by atoms with Crippen LogP contribution in [0.4, 0.5) is 0 Å². The van der Waals surface area contributed by atoms with Crippen molar-refractivity contribution >= 4 is 11.8 Å². The molecule has 0 radical (unpaired) electrons. The van der Waals surface area contributed by atoms with Gasteiger partial charge in [0.25, 0.3) is 5.91 Å². The molecule has 1 saturated heterocycles. The number of rotatable bonds is 4. The maximum Gasteiger partial charge on any atom is 0.251 e. The molecule has 3 N–H and O–H groups in total. The van der Waals surface area contributed by atoms with Gasteiger partial charge in [-0.15, -0.1) is 0 Å². The lowest BCUT2D eigenvalue weighted by Gasteiger charge is -2.23. The highest BCUT2D eigenvalue weighted by molar-refractivity contribution is 5.94. The summed E-state index contributed by atoms with van der Waals surface area (Å²) in [6, 6.07) is 7.54. The molecule has 2 rings (SSSR count). The van der Waals surface area contributed by atoms with Gasteiger partial charge in [0.05, 0.1) is 0 Å². The van der Waals surface area contributed by atoms with Crippen molar-refractivity contribution in [2.75, 3.05) is 13.1 Å². The predicted molar refractivity (Wildman–Crippen MR) is 77.3 cm³/mol. The second-order valence-corrected chi connectivity index (χ2v) is 5.12. The van der Waals surface area contributed by atoms with E-state index >= 15 is 0 Å². The standard InChI is InChI=1S/C15H21N3O2/c1-11(19)17-9-12-4-6-13(7-5-12)15(20)18-14-3-2-8-16-10-14/h4-7,14,16H,2-3,8-10H2,1H3,(H,17,19)(H,18,20)/t14-/m0/s1. The molecule has 1 aromatic rings. The first-order valence-corrected chi connectivity index (χ1v) is 7.00. The van der Waals surface area contributed by atoms with Crippen LogP contribution in [0, 0.1) is 0 Å². The van der Waals surface area contributed by atoms with Gasteiger partial charge in [0.2, 0.25) is 5.91 Å². The van der Waals surface area contributed by atoms with Crippen molar-refractivity contribution < 1.29 is 9.59 Å². The number of hydrogen-bond donors (Lipinski definition) is 3. The first-order valence-electron chi connectivity index (χ1n) is 7.00. The summed E-state index contributed by atoms with van der Waals surface area (Å²) in [6.07, 6.45) is 2.12. The second kappa shape index (κ2) is 7.05. The van der Waals surface area contributed by atoms with E-state index in [0.29, 0.717) is 12.1 Å². The fraction of sp³-hybridized carbons (Fsp3) is 0.467. The van der Waals surface area contributed by atoms with Crippen molar-refractivity contribution in [1.82, 2.24) is 16.0 Å². The Morgan fingerprint density at radius 2 is 2.05 bits per heavy atom. The molecule has 0 saturated carbocycles. The fourth-order valence-corrected chi connectivity index (χ4v) is 2.24. The highest BCUT2D eigenvalue weighted by atomic mass is 16.2. The summed E-state index contributed by atoms with van der Waals surface area (Å²) in [5.74, 6) is -0.0959. The lowest BCUT2D eigenvalue weighted by molar-refractivity contribution is -0.119. The van der Waals surface area contributed by atoms with E-state index in [-0.39, 0.29) is 17.9 Å². The summed E-state index contributed by atoms with van der Waals surface area (Å²) in [6.45, 7) is 3.85. The van der Waals surface area contributed by atoms with Gasteiger partial charge in [-0.1, -0.05) is 12.1 Å². The zero-order valence-corrected chi connectivity index (χ0v) is 11.7. The van der Waals surface area contributed by atoms with E-state index < -0.39 is 0 Å². The number of carbonyl (C=O) groups excluding carboxylic acids is 2. The molecule has 5 nitrogen and oxygen atoms in total. The molecule has 0 bridgehead atoms. The van der Waals surface area contributed by atoms with Crippen LogP contribution in [-0.2, 0) is 11.3 Å². The van der Waals surface area contributed by atoms with Crippen molar-refractivity contribution in [2.45, 2.75) is 32.4 Å². The summed E-state index contributed by atoms with van der Waals surface area (Å²) >= 11 is 0. The fourth-order valence-electron chi connectivity index (χ4n) is 2.24. The molecule has 1 fully saturated rings. The van der Waals surface area contributed by atoms with Crippen LogP contribution < -0.4 is 16.0 Å². The second-order valence-electron chi connectivity index (χ2n) is 5.12. The van der Waals surface area contributed by atoms with Gasteiger partial charge in [-0.2, -0.15) is 0 Å². The maximum atomic E-state index is 12.1. The minimum Gasteiger partial charge on any atom is -0.352 e. The first-order chi connectivity index (χ1) is 9.65. The topological polar surface area (TPSA) is 70.2 Å². The molecule has 108 valence electrons. The van der Waals surface area contributed by atoms with E-state index in [1.165, 1.54) is 6.92 Å². The number of hydrogen-bond acceptors (Lipinski definition) is 3. The molecule has 1 aromatic carbocycles. The normalized spacial score (nSPS) is 18.4. The van der Waals surface area contributed by atoms with Crippen LogP contribution in [0.25, 0.3) is 0 Å². The molecule has 1 heterocycles. The van der Waals surface area contributed by atoms with E-state index in [1.54, 1.807) is 12.1 Å². The van der Waals surface area contributed by atoms with Crippen molar-refractivity contribution in [1.29, 1.82) is 0 Å². The third-order valence-corrected chi connectivity index (χ3v) is 3.39. The van der Waals surface area contributed by atoms with E-state index in [9.17, 15) is 9.59 Å². The molecule has 0 spiro atoms. The minimum absolute atomic E-state index is 0.0372. The summed E-state index contributed by atoms with van der Waals surface area (Å²) < 4.78 is 0. The van der Waals surface area contributed by atoms with Gasteiger partial charge >= 0.3 is 0 Å². The van der Waals surface area contributed by atoms with Gasteiger partial charge in [0.1, 0.15) is 0 Å². The Kier molecular flexibility index (Phi) is 5.12. The van der Waals surface area contributed by atoms with E-state index in [0.717, 1.165) is 31.5 Å². The van der Waals surface area contributed by atoms with Crippen LogP contribution in [0.1, 0.15) is 35.7 Å². The minimum atomic E-state index is -0.0587. The van der Waals surface area contributed by atoms with E-state index in [4.69, 9.17) is 0 Å². The zero-order chi connectivity index (χ0) is 14.4. The third-order valence-electron chi connectivity index (χ3n) is 3.39. The average Bonchev–Trinajstić information content (AvgIpc) is 2.46. The van der Waals surface area contributed by atoms with Crippen LogP contribution in [-0.4, -0.2) is 30.9 Å². The maximum absolute atomic E-state index is 12.1. The van der Waals surface area contributed by atoms with Crippen molar-refractivity contribution in [3.8, 4) is 0 Å². The molecule has 1 aliphatic rings. The van der Waals surface area contributed by atoms with E-state index in [2.05, 4.69) is 16.0 Å². The number of benzene rings is 1. The van der Waals surface area contributed by atoms with Gasteiger partial charge in [-0.05, 0) is 37.1 Å². The van der Waals surface area contributed by atoms with Crippen molar-refractivity contribution in [3.63, 3.8) is 0 Å². The highest BCUT2D eigenvalue weighted by Crippen LogP contribution is 2.07. The van der Waals surface area contributed by atoms with Crippen LogP contribution >= 0.6 is 0 Å². The van der Waals surface area contributed by atoms with Crippen LogP contribution in [0.15, 0.2) is 24.3 Å². The molecule has 20 heavy (non-hydrogen) atoms. The summed E-state index contributed by atoms with van der Waals surface area (Å²) in [7, 11) is 0. The van der Waals surface area contributed by atoms with Crippen LogP contribution in [0.2, 0.25) is 0 Å². The summed E-state index contributed by atoms with van der Waals surface area (Å²) in [4.78, 5) is 22.9. The average molecular weight is 275 g/mol. The molecular formula is C15H21N3O2. The Morgan fingerprint density at radius 1 is 1.30 bits per heavy atom. The Hall–Kier alpha value is -1.88. The lowest BCUT2D eigenvalue weighted by atomic mass is 10.1. The van der Waals surface area contributed by atoms with Gasteiger partial charge in [0.15, 0.2) is 0 Å². The summed E-state index contributed by atoms with van der Waals surface area (Å²) in [5.41, 5.74) is 1.64. The quantitative estimate of drug-likeness (QED) is 0.761. The van der Waals surface area contributed by atoms with Crippen LogP contribution in [0.5, 0.6) is 0 Å². The number of piperidine rings is 1. The zero-order valence-electron chi connectivity index (χ0n) is 11.7. The molecule has 1 atom stereocenters. The van der Waals surface area contributed by atoms with Crippen LogP contribution in [0.3, 0.4) is 0 Å². The van der Waals surface area contributed by atoms with Crippen molar-refractivity contribution in [3.05, 3.63) is 35.4 Å². The van der Waals surface area contributed by atoms with Gasteiger partial charge < -0.3 is 16.0 Å². The number of nitrogens with one attached hydrogen (secondary N) is 3. The van der Waals surface area contributed by atoms with Crippen molar-refractivity contribution in [2.24, 2.45) is 0 Å². The molecule has 1 aliphatic heterocycles. The lowest BCUT2D eigenvalue weighted by Crippen LogP contribution is -2.45. The largest absolute Gasteiger partial charge is 0.352 e. The Labute approximate surface area is 119 Å². The molecule has 0 aromatic heterocycles. The summed E-state index contributed by atoms with van der Waals surface area (Å²) in [5, 5.41) is 9.04. The van der Waals surface area contributed by atoms with Gasteiger partial charge in [-0.3, -0.25) is 9.59 Å². The molecule has 0 aliphatic carbocycles. The van der Waals surface area contributed by atoms with Gasteiger partial charge in [-0.25, -0.2) is 0 Å². The molecule has 0 unspecified atom stereocenters. The van der Waals surface area contributed by atoms with E-state index in [1.807, 2.05) is 12.1 Å². The monoisotopic (exact) mass is 275 g/mol. The molecule has 2 amide bonds. The SMILES string of the molecule is CC(=O)NCc1ccc(C(=O)N[C@H]2CCCNC2)cc1. The Balaban J connectivity index is 1.88. The smallest absolute Gasteiger partial charge is 0.251 e. The highest BCUT2D eigenvalue weighted by Gasteiger charge is 2.16. The Bertz CT molecular complexity index is 465. The molecule has 5 heteroatoms. The number of amides is 2. The number of carbonyl (C=O) groups is 2. The molecular weight excluding hydrogens is 254 g/mol. The first kappa shape index (κ1) is 14.5. The third kappa shape index (κ3) is 4.35. The predicted octanol–water partition coefficient (Wildman–Crippen LogP) is 0.804. The van der Waals surface area contributed by atoms with Gasteiger partial charge in [0, 0.05) is 31.6 Å².